The summed E-state index contributed by atoms with van der Waals surface area (Å²) in [5.74, 6) is -1.29. The second-order valence-corrected chi connectivity index (χ2v) is 7.46. The van der Waals surface area contributed by atoms with Gasteiger partial charge in [0.2, 0.25) is 0 Å². The molecule has 29 heavy (non-hydrogen) atoms. The molecule has 0 N–H and O–H groups in total. The third kappa shape index (κ3) is 6.00. The predicted molar refractivity (Wildman–Crippen MR) is 111 cm³/mol. The van der Waals surface area contributed by atoms with Crippen LogP contribution in [0.3, 0.4) is 0 Å². The van der Waals surface area contributed by atoms with Crippen molar-refractivity contribution in [1.29, 1.82) is 0 Å². The van der Waals surface area contributed by atoms with Crippen LogP contribution in [0.4, 0.5) is 0 Å². The van der Waals surface area contributed by atoms with E-state index in [1.807, 2.05) is 74.5 Å². The van der Waals surface area contributed by atoms with Gasteiger partial charge < -0.3 is 18.9 Å². The van der Waals surface area contributed by atoms with Gasteiger partial charge in [-0.05, 0) is 30.5 Å². The molecular formula is C24H28O5. The first kappa shape index (κ1) is 21.2. The summed E-state index contributed by atoms with van der Waals surface area (Å²) in [4.78, 5) is 12.1. The Kier molecular flexibility index (Phi) is 7.20. The highest BCUT2D eigenvalue weighted by Crippen LogP contribution is 2.35. The minimum Gasteiger partial charge on any atom is -0.466 e. The van der Waals surface area contributed by atoms with Gasteiger partial charge in [-0.15, -0.1) is 0 Å². The van der Waals surface area contributed by atoms with E-state index >= 15 is 0 Å². The Morgan fingerprint density at radius 2 is 1.76 bits per heavy atom. The molecule has 154 valence electrons. The van der Waals surface area contributed by atoms with E-state index in [0.717, 1.165) is 16.7 Å². The number of carbonyl (C=O) groups excluding carboxylic acids is 1. The number of hydrogen-bond donors (Lipinski definition) is 0. The van der Waals surface area contributed by atoms with Crippen molar-refractivity contribution >= 4 is 11.5 Å². The summed E-state index contributed by atoms with van der Waals surface area (Å²) in [6.07, 6.45) is 1.26. The molecule has 1 saturated heterocycles. The van der Waals surface area contributed by atoms with Crippen molar-refractivity contribution in [1.82, 2.24) is 0 Å². The van der Waals surface area contributed by atoms with Crippen LogP contribution in [0.5, 0.6) is 0 Å². The monoisotopic (exact) mass is 396 g/mol. The first-order valence-corrected chi connectivity index (χ1v) is 9.77. The van der Waals surface area contributed by atoms with Crippen LogP contribution in [0.15, 0.2) is 66.7 Å². The van der Waals surface area contributed by atoms with Crippen LogP contribution in [-0.2, 0) is 30.3 Å². The van der Waals surface area contributed by atoms with E-state index in [1.165, 1.54) is 13.2 Å². The average molecular weight is 396 g/mol. The van der Waals surface area contributed by atoms with Gasteiger partial charge >= 0.3 is 5.97 Å². The number of carbonyl (C=O) groups is 1. The highest BCUT2D eigenvalue weighted by atomic mass is 16.7. The molecule has 3 rings (SSSR count). The van der Waals surface area contributed by atoms with Crippen molar-refractivity contribution < 1.29 is 23.7 Å². The third-order valence-corrected chi connectivity index (χ3v) is 4.87. The fraction of sp³-hybridized carbons (Fsp3) is 0.375. The molecule has 0 aromatic heterocycles. The molecule has 2 atom stereocenters. The largest absolute Gasteiger partial charge is 0.466 e. The Bertz CT molecular complexity index is 814. The molecule has 1 heterocycles. The van der Waals surface area contributed by atoms with Crippen molar-refractivity contribution in [3.63, 3.8) is 0 Å². The first-order chi connectivity index (χ1) is 14.0. The summed E-state index contributed by atoms with van der Waals surface area (Å²) in [5.41, 5.74) is 2.85. The van der Waals surface area contributed by atoms with E-state index < -0.39 is 11.8 Å². The number of benzene rings is 2. The Balaban J connectivity index is 1.81. The minimum atomic E-state index is -0.718. The standard InChI is InChI=1S/C24H28O5/c1-24(2)28-16-21(20(14-23(25)26-3)19-12-8-5-9-13-19)22(29-24)17-27-15-18-10-6-4-7-11-18/h4-14,21-22H,15-17H2,1-3H3. The molecule has 0 amide bonds. The molecular weight excluding hydrogens is 368 g/mol. The number of hydrogen-bond acceptors (Lipinski definition) is 5. The Labute approximate surface area is 172 Å². The molecule has 2 unspecified atom stereocenters. The lowest BCUT2D eigenvalue weighted by molar-refractivity contribution is -0.292. The zero-order valence-corrected chi connectivity index (χ0v) is 17.2. The number of ether oxygens (including phenoxy) is 4. The Hall–Kier alpha value is -2.47. The minimum absolute atomic E-state index is 0.166. The van der Waals surface area contributed by atoms with Crippen molar-refractivity contribution in [2.45, 2.75) is 32.3 Å². The van der Waals surface area contributed by atoms with Gasteiger partial charge in [-0.25, -0.2) is 4.79 Å². The summed E-state index contributed by atoms with van der Waals surface area (Å²) in [5, 5.41) is 0. The van der Waals surface area contributed by atoms with Crippen LogP contribution in [0.1, 0.15) is 25.0 Å². The molecule has 2 aromatic carbocycles. The van der Waals surface area contributed by atoms with Crippen LogP contribution >= 0.6 is 0 Å². The normalized spacial score (nSPS) is 21.6. The van der Waals surface area contributed by atoms with E-state index in [-0.39, 0.29) is 12.0 Å². The maximum Gasteiger partial charge on any atom is 0.330 e. The van der Waals surface area contributed by atoms with Gasteiger partial charge in [-0.3, -0.25) is 0 Å². The van der Waals surface area contributed by atoms with Crippen molar-refractivity contribution in [3.8, 4) is 0 Å². The second kappa shape index (κ2) is 9.83. The van der Waals surface area contributed by atoms with E-state index in [4.69, 9.17) is 18.9 Å². The smallest absolute Gasteiger partial charge is 0.330 e. The summed E-state index contributed by atoms with van der Waals surface area (Å²) in [7, 11) is 1.37. The van der Waals surface area contributed by atoms with Gasteiger partial charge in [0.1, 0.15) is 0 Å². The number of methoxy groups -OCH3 is 1. The average Bonchev–Trinajstić information content (AvgIpc) is 2.73. The third-order valence-electron chi connectivity index (χ3n) is 4.87. The van der Waals surface area contributed by atoms with Crippen LogP contribution < -0.4 is 0 Å². The van der Waals surface area contributed by atoms with Gasteiger partial charge in [-0.2, -0.15) is 0 Å². The van der Waals surface area contributed by atoms with Crippen LogP contribution in [0.2, 0.25) is 0 Å². The van der Waals surface area contributed by atoms with Gasteiger partial charge in [0.15, 0.2) is 5.79 Å². The molecule has 1 aliphatic heterocycles. The molecule has 0 aliphatic carbocycles. The summed E-state index contributed by atoms with van der Waals surface area (Å²) >= 11 is 0. The lowest BCUT2D eigenvalue weighted by Crippen LogP contribution is -2.48. The van der Waals surface area contributed by atoms with Crippen LogP contribution in [-0.4, -0.2) is 38.2 Å². The fourth-order valence-electron chi connectivity index (χ4n) is 3.41. The SMILES string of the molecule is COC(=O)C=C(c1ccccc1)C1COC(C)(C)OC1COCc1ccccc1. The summed E-state index contributed by atoms with van der Waals surface area (Å²) in [6, 6.07) is 19.8. The molecule has 0 radical (unpaired) electrons. The predicted octanol–water partition coefficient (Wildman–Crippen LogP) is 4.23. The van der Waals surface area contributed by atoms with Crippen molar-refractivity contribution in [3.05, 3.63) is 77.9 Å². The van der Waals surface area contributed by atoms with Gasteiger partial charge in [-0.1, -0.05) is 60.7 Å². The first-order valence-electron chi connectivity index (χ1n) is 9.77. The zero-order valence-electron chi connectivity index (χ0n) is 17.2. The quantitative estimate of drug-likeness (QED) is 0.518. The van der Waals surface area contributed by atoms with Gasteiger partial charge in [0.25, 0.3) is 0 Å². The lowest BCUT2D eigenvalue weighted by atomic mass is 9.87. The van der Waals surface area contributed by atoms with Gasteiger partial charge in [0.05, 0.1) is 33.0 Å². The molecule has 5 nitrogen and oxygen atoms in total. The number of rotatable bonds is 7. The van der Waals surface area contributed by atoms with Gasteiger partial charge in [0, 0.05) is 12.0 Å². The van der Waals surface area contributed by atoms with E-state index in [2.05, 4.69) is 0 Å². The molecule has 0 spiro atoms. The molecule has 0 bridgehead atoms. The second-order valence-electron chi connectivity index (χ2n) is 7.46. The Morgan fingerprint density at radius 3 is 2.41 bits per heavy atom. The van der Waals surface area contributed by atoms with Crippen LogP contribution in [0, 0.1) is 5.92 Å². The fourth-order valence-corrected chi connectivity index (χ4v) is 3.41. The Morgan fingerprint density at radius 1 is 1.10 bits per heavy atom. The van der Waals surface area contributed by atoms with E-state index in [1.54, 1.807) is 0 Å². The zero-order chi connectivity index (χ0) is 20.7. The van der Waals surface area contributed by atoms with Crippen molar-refractivity contribution in [2.75, 3.05) is 20.3 Å². The van der Waals surface area contributed by atoms with Crippen LogP contribution in [0.25, 0.3) is 5.57 Å². The van der Waals surface area contributed by atoms with Crippen molar-refractivity contribution in [2.24, 2.45) is 5.92 Å². The molecule has 0 saturated carbocycles. The lowest BCUT2D eigenvalue weighted by Gasteiger charge is -2.42. The molecule has 1 fully saturated rings. The van der Waals surface area contributed by atoms with E-state index in [0.29, 0.717) is 19.8 Å². The molecule has 5 heteroatoms. The summed E-state index contributed by atoms with van der Waals surface area (Å²) < 4.78 is 23.0. The maximum atomic E-state index is 12.1. The topological polar surface area (TPSA) is 54.0 Å². The number of esters is 1. The maximum absolute atomic E-state index is 12.1. The highest BCUT2D eigenvalue weighted by molar-refractivity contribution is 5.92. The highest BCUT2D eigenvalue weighted by Gasteiger charge is 2.39. The molecule has 1 aliphatic rings. The van der Waals surface area contributed by atoms with E-state index in [9.17, 15) is 4.79 Å². The molecule has 2 aromatic rings. The summed E-state index contributed by atoms with van der Waals surface area (Å²) in [6.45, 7) is 5.08.